The number of halogens is 3. The van der Waals surface area contributed by atoms with E-state index in [0.29, 0.717) is 47.2 Å². The van der Waals surface area contributed by atoms with E-state index in [2.05, 4.69) is 4.99 Å². The Balaban J connectivity index is 1.64. The van der Waals surface area contributed by atoms with Gasteiger partial charge in [-0.05, 0) is 55.8 Å². The number of carbonyl (C=O) groups excluding carboxylic acids is 1. The Morgan fingerprint density at radius 3 is 2.62 bits per heavy atom. The average molecular weight is 574 g/mol. The van der Waals surface area contributed by atoms with Gasteiger partial charge in [-0.25, -0.2) is 9.79 Å². The van der Waals surface area contributed by atoms with E-state index in [1.807, 2.05) is 6.07 Å². The molecule has 0 saturated heterocycles. The summed E-state index contributed by atoms with van der Waals surface area (Å²) in [6.45, 7) is 3.64. The molecule has 0 N–H and O–H groups in total. The zero-order chi connectivity index (χ0) is 26.3. The maximum atomic E-state index is 13.7. The fourth-order valence-electron chi connectivity index (χ4n) is 4.15. The number of benzene rings is 2. The molecule has 0 saturated carbocycles. The van der Waals surface area contributed by atoms with Crippen LogP contribution in [0.15, 0.2) is 80.1 Å². The average Bonchev–Trinajstić information content (AvgIpc) is 3.45. The van der Waals surface area contributed by atoms with Crippen molar-refractivity contribution in [3.63, 3.8) is 0 Å². The zero-order valence-electron chi connectivity index (χ0n) is 19.6. The first-order valence-corrected chi connectivity index (χ1v) is 13.2. The van der Waals surface area contributed by atoms with Gasteiger partial charge in [-0.1, -0.05) is 64.3 Å². The Bertz CT molecular complexity index is 1750. The van der Waals surface area contributed by atoms with Crippen molar-refractivity contribution in [2.24, 2.45) is 4.99 Å². The number of esters is 1. The summed E-state index contributed by atoms with van der Waals surface area (Å²) in [6, 6.07) is 15.1. The molecule has 10 heteroatoms. The third-order valence-electron chi connectivity index (χ3n) is 5.82. The molecule has 0 unspecified atom stereocenters. The van der Waals surface area contributed by atoms with Crippen LogP contribution in [0, 0.1) is 0 Å². The molecule has 6 nitrogen and oxygen atoms in total. The van der Waals surface area contributed by atoms with Gasteiger partial charge >= 0.3 is 5.97 Å². The van der Waals surface area contributed by atoms with Gasteiger partial charge in [0.1, 0.15) is 17.6 Å². The molecule has 0 fully saturated rings. The van der Waals surface area contributed by atoms with Gasteiger partial charge in [-0.2, -0.15) is 0 Å². The number of hydrogen-bond donors (Lipinski definition) is 0. The topological polar surface area (TPSA) is 73.8 Å². The molecule has 188 valence electrons. The van der Waals surface area contributed by atoms with Crippen molar-refractivity contribution in [1.82, 2.24) is 4.57 Å². The normalized spacial score (nSPS) is 15.5. The standard InChI is InChI=1S/C27H19Cl3N2O4S/c1-3-35-26(34)23-14(2)31-27-32(24(23)17-6-4-5-7-18(17)28)25(33)22(37-27)13-16-9-11-21(36-16)15-8-10-19(29)20(30)12-15/h4-13,24H,3H2,1-2H3/b22-13-/t24-/m1/s1. The van der Waals surface area contributed by atoms with Crippen LogP contribution in [0.25, 0.3) is 17.4 Å². The molecule has 4 aromatic rings. The van der Waals surface area contributed by atoms with Crippen LogP contribution in [0.3, 0.4) is 0 Å². The number of nitrogens with zero attached hydrogens (tertiary/aromatic N) is 2. The van der Waals surface area contributed by atoms with Crippen LogP contribution in [0.4, 0.5) is 0 Å². The molecule has 0 amide bonds. The molecule has 1 aliphatic heterocycles. The van der Waals surface area contributed by atoms with Crippen molar-refractivity contribution < 1.29 is 13.9 Å². The summed E-state index contributed by atoms with van der Waals surface area (Å²) in [7, 11) is 0. The maximum absolute atomic E-state index is 13.7. The van der Waals surface area contributed by atoms with E-state index in [1.54, 1.807) is 68.5 Å². The number of aromatic nitrogens is 1. The van der Waals surface area contributed by atoms with E-state index in [0.717, 1.165) is 5.56 Å². The first-order valence-electron chi connectivity index (χ1n) is 11.3. The number of rotatable bonds is 5. The van der Waals surface area contributed by atoms with Crippen LogP contribution >= 0.6 is 46.1 Å². The van der Waals surface area contributed by atoms with Crippen LogP contribution < -0.4 is 14.9 Å². The van der Waals surface area contributed by atoms with Gasteiger partial charge in [-0.3, -0.25) is 9.36 Å². The Morgan fingerprint density at radius 1 is 1.11 bits per heavy atom. The van der Waals surface area contributed by atoms with E-state index in [1.165, 1.54) is 15.9 Å². The third-order valence-corrected chi connectivity index (χ3v) is 7.89. The number of ether oxygens (including phenoxy) is 1. The Labute approximate surface area is 230 Å². The lowest BCUT2D eigenvalue weighted by Gasteiger charge is -2.25. The minimum Gasteiger partial charge on any atom is -0.463 e. The van der Waals surface area contributed by atoms with Crippen molar-refractivity contribution in [1.29, 1.82) is 0 Å². The molecular weight excluding hydrogens is 555 g/mol. The maximum Gasteiger partial charge on any atom is 0.338 e. The van der Waals surface area contributed by atoms with Crippen LogP contribution in [-0.4, -0.2) is 17.1 Å². The van der Waals surface area contributed by atoms with Crippen LogP contribution in [0.1, 0.15) is 31.2 Å². The van der Waals surface area contributed by atoms with E-state index in [4.69, 9.17) is 44.0 Å². The Hall–Kier alpha value is -3.10. The number of fused-ring (bicyclic) bond motifs is 1. The lowest BCUT2D eigenvalue weighted by atomic mass is 9.96. The summed E-state index contributed by atoms with van der Waals surface area (Å²) in [5.41, 5.74) is 1.78. The highest BCUT2D eigenvalue weighted by Gasteiger charge is 2.34. The second-order valence-corrected chi connectivity index (χ2v) is 10.4. The van der Waals surface area contributed by atoms with Gasteiger partial charge < -0.3 is 9.15 Å². The molecule has 0 aliphatic carbocycles. The van der Waals surface area contributed by atoms with Crippen molar-refractivity contribution >= 4 is 58.2 Å². The smallest absolute Gasteiger partial charge is 0.338 e. The quantitative estimate of drug-likeness (QED) is 0.274. The second-order valence-electron chi connectivity index (χ2n) is 8.15. The Kier molecular flexibility index (Phi) is 7.14. The number of furan rings is 1. The molecular formula is C27H19Cl3N2O4S. The highest BCUT2D eigenvalue weighted by Crippen LogP contribution is 2.34. The lowest BCUT2D eigenvalue weighted by molar-refractivity contribution is -0.139. The van der Waals surface area contributed by atoms with Gasteiger partial charge in [0.2, 0.25) is 0 Å². The first-order chi connectivity index (χ1) is 17.8. The molecule has 1 atom stereocenters. The molecule has 37 heavy (non-hydrogen) atoms. The molecule has 3 heterocycles. The second kappa shape index (κ2) is 10.3. The molecule has 0 bridgehead atoms. The predicted molar refractivity (Wildman–Crippen MR) is 146 cm³/mol. The van der Waals surface area contributed by atoms with E-state index >= 15 is 0 Å². The monoisotopic (exact) mass is 572 g/mol. The molecule has 2 aromatic carbocycles. The summed E-state index contributed by atoms with van der Waals surface area (Å²) in [5, 5.41) is 1.29. The molecule has 1 aliphatic rings. The van der Waals surface area contributed by atoms with Gasteiger partial charge in [0.15, 0.2) is 4.80 Å². The van der Waals surface area contributed by atoms with Crippen LogP contribution in [0.2, 0.25) is 15.1 Å². The summed E-state index contributed by atoms with van der Waals surface area (Å²) in [6.07, 6.45) is 1.65. The summed E-state index contributed by atoms with van der Waals surface area (Å²) in [5.74, 6) is 0.509. The summed E-state index contributed by atoms with van der Waals surface area (Å²) < 4.78 is 13.2. The highest BCUT2D eigenvalue weighted by molar-refractivity contribution is 7.07. The van der Waals surface area contributed by atoms with Crippen molar-refractivity contribution in [2.45, 2.75) is 19.9 Å². The minimum atomic E-state index is -0.783. The largest absolute Gasteiger partial charge is 0.463 e. The van der Waals surface area contributed by atoms with Crippen molar-refractivity contribution in [3.8, 4) is 11.3 Å². The van der Waals surface area contributed by atoms with E-state index < -0.39 is 12.0 Å². The van der Waals surface area contributed by atoms with Crippen molar-refractivity contribution in [2.75, 3.05) is 6.61 Å². The summed E-state index contributed by atoms with van der Waals surface area (Å²) >= 11 is 19.9. The van der Waals surface area contributed by atoms with Gasteiger partial charge in [-0.15, -0.1) is 0 Å². The molecule has 5 rings (SSSR count). The predicted octanol–water partition coefficient (Wildman–Crippen LogP) is 6.02. The Morgan fingerprint density at radius 2 is 1.89 bits per heavy atom. The third kappa shape index (κ3) is 4.80. The van der Waals surface area contributed by atoms with Crippen LogP contribution in [0.5, 0.6) is 0 Å². The number of hydrogen-bond acceptors (Lipinski definition) is 6. The first kappa shape index (κ1) is 25.5. The van der Waals surface area contributed by atoms with Gasteiger partial charge in [0, 0.05) is 16.7 Å². The minimum absolute atomic E-state index is 0.189. The number of allylic oxidation sites excluding steroid dienone is 1. The SMILES string of the molecule is CCOC(=O)C1=C(C)N=c2s/c(=C\c3ccc(-c4ccc(Cl)c(Cl)c4)o3)c(=O)n2[C@@H]1c1ccccc1Cl. The molecule has 0 spiro atoms. The highest BCUT2D eigenvalue weighted by atomic mass is 35.5. The van der Waals surface area contributed by atoms with E-state index in [-0.39, 0.29) is 17.7 Å². The number of thiazole rings is 1. The molecule has 2 aromatic heterocycles. The fraction of sp³-hybridized carbons (Fsp3) is 0.148. The zero-order valence-corrected chi connectivity index (χ0v) is 22.7. The van der Waals surface area contributed by atoms with Gasteiger partial charge in [0.25, 0.3) is 5.56 Å². The number of carbonyl (C=O) groups is 1. The lowest BCUT2D eigenvalue weighted by Crippen LogP contribution is -2.40. The van der Waals surface area contributed by atoms with E-state index in [9.17, 15) is 9.59 Å². The fourth-order valence-corrected chi connectivity index (χ4v) is 5.71. The van der Waals surface area contributed by atoms with Crippen molar-refractivity contribution in [3.05, 3.63) is 112 Å². The molecule has 0 radical (unpaired) electrons. The van der Waals surface area contributed by atoms with Crippen LogP contribution in [-0.2, 0) is 9.53 Å². The summed E-state index contributed by atoms with van der Waals surface area (Å²) in [4.78, 5) is 31.7. The van der Waals surface area contributed by atoms with Gasteiger partial charge in [0.05, 0.1) is 32.5 Å².